The summed E-state index contributed by atoms with van der Waals surface area (Å²) in [5.74, 6) is -0.479. The first-order valence-corrected chi connectivity index (χ1v) is 5.94. The lowest BCUT2D eigenvalue weighted by Crippen LogP contribution is -2.35. The Morgan fingerprint density at radius 2 is 2.32 bits per heavy atom. The van der Waals surface area contributed by atoms with Crippen molar-refractivity contribution in [2.75, 3.05) is 25.6 Å². The monoisotopic (exact) mass is 265 g/mol. The van der Waals surface area contributed by atoms with Gasteiger partial charge in [-0.05, 0) is 19.1 Å². The first-order valence-electron chi connectivity index (χ1n) is 5.94. The van der Waals surface area contributed by atoms with Gasteiger partial charge < -0.3 is 19.5 Å². The molecule has 0 fully saturated rings. The Hall–Kier alpha value is -2.24. The summed E-state index contributed by atoms with van der Waals surface area (Å²) in [6, 6.07) is 4.26. The molecule has 0 amide bonds. The van der Waals surface area contributed by atoms with Crippen LogP contribution in [-0.4, -0.2) is 38.3 Å². The van der Waals surface area contributed by atoms with Gasteiger partial charge in [0.2, 0.25) is 0 Å². The highest BCUT2D eigenvalue weighted by molar-refractivity contribution is 5.99. The summed E-state index contributed by atoms with van der Waals surface area (Å²) in [6.07, 6.45) is 0. The van der Waals surface area contributed by atoms with Crippen LogP contribution in [-0.2, 0) is 14.3 Å². The van der Waals surface area contributed by atoms with Gasteiger partial charge in [0.1, 0.15) is 12.4 Å². The summed E-state index contributed by atoms with van der Waals surface area (Å²) in [6.45, 7) is 1.91. The number of rotatable bonds is 3. The molecule has 1 aromatic carbocycles. The molecule has 2 rings (SSSR count). The number of fused-ring (bicyclic) bond motifs is 1. The van der Waals surface area contributed by atoms with Crippen molar-refractivity contribution in [2.24, 2.45) is 0 Å². The molecule has 1 N–H and O–H groups in total. The second-order valence-electron chi connectivity index (χ2n) is 3.93. The molecule has 0 radical (unpaired) electrons. The number of methoxy groups -OCH3 is 1. The van der Waals surface area contributed by atoms with Crippen LogP contribution in [0, 0.1) is 0 Å². The number of anilines is 1. The standard InChI is InChI=1S/C13H15NO5/c1-3-18-13(16)9-7-19-12(15)8-5-4-6-10(17-2)11(8)14-9/h4-6,9,14H,3,7H2,1-2H3. The zero-order valence-electron chi connectivity index (χ0n) is 10.8. The Kier molecular flexibility index (Phi) is 3.89. The maximum atomic E-state index is 11.8. The topological polar surface area (TPSA) is 73.9 Å². The lowest BCUT2D eigenvalue weighted by atomic mass is 10.1. The van der Waals surface area contributed by atoms with Crippen LogP contribution in [0.2, 0.25) is 0 Å². The maximum Gasteiger partial charge on any atom is 0.340 e. The number of ether oxygens (including phenoxy) is 3. The van der Waals surface area contributed by atoms with E-state index in [2.05, 4.69) is 5.32 Å². The van der Waals surface area contributed by atoms with E-state index in [-0.39, 0.29) is 13.2 Å². The largest absolute Gasteiger partial charge is 0.495 e. The van der Waals surface area contributed by atoms with Gasteiger partial charge in [0.05, 0.1) is 25.0 Å². The van der Waals surface area contributed by atoms with Gasteiger partial charge in [0, 0.05) is 0 Å². The quantitative estimate of drug-likeness (QED) is 0.828. The third kappa shape index (κ3) is 2.62. The molecule has 1 heterocycles. The molecular weight excluding hydrogens is 250 g/mol. The Bertz CT molecular complexity index is 500. The van der Waals surface area contributed by atoms with Crippen LogP contribution in [0.4, 0.5) is 5.69 Å². The zero-order chi connectivity index (χ0) is 13.8. The number of esters is 2. The van der Waals surface area contributed by atoms with Crippen molar-refractivity contribution in [3.05, 3.63) is 23.8 Å². The van der Waals surface area contributed by atoms with Crippen molar-refractivity contribution >= 4 is 17.6 Å². The van der Waals surface area contributed by atoms with E-state index in [1.807, 2.05) is 0 Å². The number of benzene rings is 1. The third-order valence-electron chi connectivity index (χ3n) is 2.74. The Balaban J connectivity index is 2.35. The first kappa shape index (κ1) is 13.2. The maximum absolute atomic E-state index is 11.8. The highest BCUT2D eigenvalue weighted by Crippen LogP contribution is 2.31. The summed E-state index contributed by atoms with van der Waals surface area (Å²) >= 11 is 0. The van der Waals surface area contributed by atoms with Gasteiger partial charge in [-0.25, -0.2) is 9.59 Å². The number of hydrogen-bond donors (Lipinski definition) is 1. The fourth-order valence-electron chi connectivity index (χ4n) is 1.84. The van der Waals surface area contributed by atoms with Crippen LogP contribution in [0.5, 0.6) is 5.75 Å². The smallest absolute Gasteiger partial charge is 0.340 e. The van der Waals surface area contributed by atoms with Gasteiger partial charge in [-0.3, -0.25) is 0 Å². The SMILES string of the molecule is CCOC(=O)C1COC(=O)c2cccc(OC)c2N1. The fraction of sp³-hybridized carbons (Fsp3) is 0.385. The van der Waals surface area contributed by atoms with Crippen LogP contribution in [0.3, 0.4) is 0 Å². The minimum Gasteiger partial charge on any atom is -0.495 e. The second-order valence-corrected chi connectivity index (χ2v) is 3.93. The lowest BCUT2D eigenvalue weighted by Gasteiger charge is -2.16. The van der Waals surface area contributed by atoms with Crippen LogP contribution >= 0.6 is 0 Å². The van der Waals surface area contributed by atoms with Crippen molar-refractivity contribution in [1.29, 1.82) is 0 Å². The summed E-state index contributed by atoms with van der Waals surface area (Å²) in [5.41, 5.74) is 0.789. The molecule has 6 heteroatoms. The van der Waals surface area contributed by atoms with Gasteiger partial charge in [0.25, 0.3) is 0 Å². The number of para-hydroxylation sites is 1. The van der Waals surface area contributed by atoms with E-state index in [0.29, 0.717) is 17.0 Å². The minimum absolute atomic E-state index is 0.0739. The second kappa shape index (κ2) is 5.60. The van der Waals surface area contributed by atoms with E-state index in [1.54, 1.807) is 25.1 Å². The molecule has 1 atom stereocenters. The predicted molar refractivity (Wildman–Crippen MR) is 67.3 cm³/mol. The summed E-state index contributed by atoms with van der Waals surface area (Å²) in [7, 11) is 1.49. The summed E-state index contributed by atoms with van der Waals surface area (Å²) < 4.78 is 15.2. The molecule has 19 heavy (non-hydrogen) atoms. The van der Waals surface area contributed by atoms with E-state index in [9.17, 15) is 9.59 Å². The molecule has 0 saturated heterocycles. The molecule has 0 spiro atoms. The minimum atomic E-state index is -0.735. The average molecular weight is 265 g/mol. The van der Waals surface area contributed by atoms with E-state index in [1.165, 1.54) is 7.11 Å². The first-order chi connectivity index (χ1) is 9.17. The van der Waals surface area contributed by atoms with Crippen LogP contribution < -0.4 is 10.1 Å². The normalized spacial score (nSPS) is 17.6. The van der Waals surface area contributed by atoms with E-state index in [0.717, 1.165) is 0 Å². The number of carbonyl (C=O) groups is 2. The molecule has 6 nitrogen and oxygen atoms in total. The summed E-state index contributed by atoms with van der Waals surface area (Å²) in [4.78, 5) is 23.6. The van der Waals surface area contributed by atoms with Crippen molar-refractivity contribution in [3.8, 4) is 5.75 Å². The molecule has 0 bridgehead atoms. The molecule has 1 unspecified atom stereocenters. The fourth-order valence-corrected chi connectivity index (χ4v) is 1.84. The van der Waals surface area contributed by atoms with Gasteiger partial charge in [-0.1, -0.05) is 6.07 Å². The van der Waals surface area contributed by atoms with Gasteiger partial charge in [0.15, 0.2) is 6.04 Å². The predicted octanol–water partition coefficient (Wildman–Crippen LogP) is 1.21. The zero-order valence-corrected chi connectivity index (χ0v) is 10.8. The van der Waals surface area contributed by atoms with E-state index < -0.39 is 18.0 Å². The molecular formula is C13H15NO5. The molecule has 1 aliphatic rings. The van der Waals surface area contributed by atoms with Crippen LogP contribution in [0.25, 0.3) is 0 Å². The highest BCUT2D eigenvalue weighted by atomic mass is 16.6. The van der Waals surface area contributed by atoms with Gasteiger partial charge in [-0.15, -0.1) is 0 Å². The Morgan fingerprint density at radius 1 is 1.53 bits per heavy atom. The Morgan fingerprint density at radius 3 is 3.00 bits per heavy atom. The number of cyclic esters (lactones) is 1. The van der Waals surface area contributed by atoms with Gasteiger partial charge >= 0.3 is 11.9 Å². The molecule has 1 aliphatic heterocycles. The number of carbonyl (C=O) groups excluding carboxylic acids is 2. The van der Waals surface area contributed by atoms with E-state index >= 15 is 0 Å². The van der Waals surface area contributed by atoms with Gasteiger partial charge in [-0.2, -0.15) is 0 Å². The van der Waals surface area contributed by atoms with Crippen molar-refractivity contribution in [2.45, 2.75) is 13.0 Å². The van der Waals surface area contributed by atoms with Crippen LogP contribution in [0.15, 0.2) is 18.2 Å². The van der Waals surface area contributed by atoms with Crippen molar-refractivity contribution in [1.82, 2.24) is 0 Å². The molecule has 0 aliphatic carbocycles. The number of hydrogen-bond acceptors (Lipinski definition) is 6. The third-order valence-corrected chi connectivity index (χ3v) is 2.74. The van der Waals surface area contributed by atoms with Crippen molar-refractivity contribution in [3.63, 3.8) is 0 Å². The average Bonchev–Trinajstić information content (AvgIpc) is 2.59. The highest BCUT2D eigenvalue weighted by Gasteiger charge is 2.29. The Labute approximate surface area is 110 Å². The van der Waals surface area contributed by atoms with Crippen LogP contribution in [0.1, 0.15) is 17.3 Å². The molecule has 102 valence electrons. The molecule has 1 aromatic rings. The van der Waals surface area contributed by atoms with Crippen molar-refractivity contribution < 1.29 is 23.8 Å². The number of nitrogens with one attached hydrogen (secondary N) is 1. The van der Waals surface area contributed by atoms with E-state index in [4.69, 9.17) is 14.2 Å². The molecule has 0 aromatic heterocycles. The summed E-state index contributed by atoms with van der Waals surface area (Å²) in [5, 5.41) is 2.95. The lowest BCUT2D eigenvalue weighted by molar-refractivity contribution is -0.144. The molecule has 0 saturated carbocycles.